The maximum Gasteiger partial charge on any atom is 0.250 e. The predicted molar refractivity (Wildman–Crippen MR) is 56.2 cm³/mol. The van der Waals surface area contributed by atoms with Crippen LogP contribution in [0, 0.1) is 19.7 Å². The van der Waals surface area contributed by atoms with Gasteiger partial charge in [-0.2, -0.15) is 0 Å². The molecule has 2 aromatic rings. The molecule has 0 saturated heterocycles. The first-order chi connectivity index (χ1) is 7.00. The quantitative estimate of drug-likeness (QED) is 0.736. The number of nitrogens with two attached hydrogens (primary N) is 1. The zero-order valence-corrected chi connectivity index (χ0v) is 8.52. The van der Waals surface area contributed by atoms with Crippen LogP contribution in [0.1, 0.15) is 21.6 Å². The average molecular weight is 206 g/mol. The summed E-state index contributed by atoms with van der Waals surface area (Å²) in [6.45, 7) is 3.75. The van der Waals surface area contributed by atoms with Crippen LogP contribution < -0.4 is 5.73 Å². The summed E-state index contributed by atoms with van der Waals surface area (Å²) in [5.41, 5.74) is 7.84. The lowest BCUT2D eigenvalue weighted by Gasteiger charge is -1.99. The summed E-state index contributed by atoms with van der Waals surface area (Å²) in [5.74, 6) is -1.07. The Morgan fingerprint density at radius 3 is 2.67 bits per heavy atom. The predicted octanol–water partition coefficient (Wildman–Crippen LogP) is 2.02. The molecule has 15 heavy (non-hydrogen) atoms. The van der Waals surface area contributed by atoms with Gasteiger partial charge in [0.05, 0.1) is 11.1 Å². The molecule has 4 heteroatoms. The van der Waals surface area contributed by atoms with E-state index in [1.165, 1.54) is 6.07 Å². The van der Waals surface area contributed by atoms with Crippen molar-refractivity contribution in [3.63, 3.8) is 0 Å². The SMILES string of the molecule is Cc1[nH]c2c(C(N)=O)cc(F)cc2c1C. The van der Waals surface area contributed by atoms with Crippen molar-refractivity contribution >= 4 is 16.8 Å². The summed E-state index contributed by atoms with van der Waals surface area (Å²) in [6.07, 6.45) is 0. The standard InChI is InChI=1S/C11H11FN2O/c1-5-6(2)14-10-8(5)3-7(12)4-9(10)11(13)15/h3-4,14H,1-2H3,(H2,13,15). The molecule has 2 rings (SSSR count). The number of hydrogen-bond donors (Lipinski definition) is 2. The Balaban J connectivity index is 2.92. The lowest BCUT2D eigenvalue weighted by molar-refractivity contribution is 0.100. The van der Waals surface area contributed by atoms with Gasteiger partial charge in [-0.1, -0.05) is 0 Å². The van der Waals surface area contributed by atoms with Crippen molar-refractivity contribution in [3.05, 3.63) is 34.8 Å². The first-order valence-corrected chi connectivity index (χ1v) is 4.59. The molecule has 0 aliphatic rings. The van der Waals surface area contributed by atoms with E-state index in [1.807, 2.05) is 13.8 Å². The molecule has 1 aromatic heterocycles. The van der Waals surface area contributed by atoms with Crippen LogP contribution in [0.15, 0.2) is 12.1 Å². The zero-order chi connectivity index (χ0) is 11.2. The topological polar surface area (TPSA) is 58.9 Å². The van der Waals surface area contributed by atoms with Gasteiger partial charge < -0.3 is 10.7 Å². The Morgan fingerprint density at radius 1 is 1.40 bits per heavy atom. The fourth-order valence-electron chi connectivity index (χ4n) is 1.71. The van der Waals surface area contributed by atoms with Gasteiger partial charge in [0, 0.05) is 11.1 Å². The number of hydrogen-bond acceptors (Lipinski definition) is 1. The second kappa shape index (κ2) is 3.08. The largest absolute Gasteiger partial charge is 0.366 e. The van der Waals surface area contributed by atoms with Gasteiger partial charge in [0.15, 0.2) is 0 Å². The van der Waals surface area contributed by atoms with E-state index in [2.05, 4.69) is 4.98 Å². The summed E-state index contributed by atoms with van der Waals surface area (Å²) < 4.78 is 13.2. The van der Waals surface area contributed by atoms with Crippen LogP contribution in [0.4, 0.5) is 4.39 Å². The van der Waals surface area contributed by atoms with Crippen molar-refractivity contribution in [2.24, 2.45) is 5.73 Å². The van der Waals surface area contributed by atoms with E-state index >= 15 is 0 Å². The number of fused-ring (bicyclic) bond motifs is 1. The summed E-state index contributed by atoms with van der Waals surface area (Å²) in [7, 11) is 0. The summed E-state index contributed by atoms with van der Waals surface area (Å²) in [5, 5.41) is 0.710. The molecule has 1 amide bonds. The minimum atomic E-state index is -0.624. The molecule has 0 aliphatic carbocycles. The van der Waals surface area contributed by atoms with Gasteiger partial charge in [-0.25, -0.2) is 4.39 Å². The molecular weight excluding hydrogens is 195 g/mol. The van der Waals surface area contributed by atoms with Crippen molar-refractivity contribution in [1.82, 2.24) is 4.98 Å². The molecule has 0 fully saturated rings. The van der Waals surface area contributed by atoms with Crippen LogP contribution in [-0.4, -0.2) is 10.9 Å². The van der Waals surface area contributed by atoms with Gasteiger partial charge in [0.25, 0.3) is 5.91 Å². The normalized spacial score (nSPS) is 10.9. The van der Waals surface area contributed by atoms with Crippen LogP contribution in [0.3, 0.4) is 0 Å². The van der Waals surface area contributed by atoms with E-state index in [-0.39, 0.29) is 5.56 Å². The van der Waals surface area contributed by atoms with Crippen molar-refractivity contribution in [3.8, 4) is 0 Å². The van der Waals surface area contributed by atoms with Crippen molar-refractivity contribution in [2.45, 2.75) is 13.8 Å². The number of aromatic amines is 1. The van der Waals surface area contributed by atoms with Crippen molar-refractivity contribution in [1.29, 1.82) is 0 Å². The Kier molecular flexibility index (Phi) is 2.00. The molecule has 0 atom stereocenters. The van der Waals surface area contributed by atoms with E-state index in [1.54, 1.807) is 0 Å². The monoisotopic (exact) mass is 206 g/mol. The fourth-order valence-corrected chi connectivity index (χ4v) is 1.71. The van der Waals surface area contributed by atoms with Crippen LogP contribution in [0.5, 0.6) is 0 Å². The summed E-state index contributed by atoms with van der Waals surface area (Å²) in [4.78, 5) is 14.2. The molecule has 1 heterocycles. The maximum atomic E-state index is 13.2. The number of carbonyl (C=O) groups excluding carboxylic acids is 1. The van der Waals surface area contributed by atoms with Crippen LogP contribution in [0.2, 0.25) is 0 Å². The maximum absolute atomic E-state index is 13.2. The molecule has 3 N–H and O–H groups in total. The third kappa shape index (κ3) is 1.38. The first kappa shape index (κ1) is 9.71. The fraction of sp³-hybridized carbons (Fsp3) is 0.182. The zero-order valence-electron chi connectivity index (χ0n) is 8.52. The van der Waals surface area contributed by atoms with Crippen molar-refractivity contribution < 1.29 is 9.18 Å². The second-order valence-corrected chi connectivity index (χ2v) is 3.62. The first-order valence-electron chi connectivity index (χ1n) is 4.59. The lowest BCUT2D eigenvalue weighted by Crippen LogP contribution is -2.11. The molecule has 78 valence electrons. The molecule has 0 radical (unpaired) electrons. The summed E-state index contributed by atoms with van der Waals surface area (Å²) in [6, 6.07) is 2.56. The molecule has 0 aliphatic heterocycles. The van der Waals surface area contributed by atoms with Gasteiger partial charge in [0.1, 0.15) is 5.82 Å². The van der Waals surface area contributed by atoms with E-state index in [9.17, 15) is 9.18 Å². The molecule has 0 unspecified atom stereocenters. The van der Waals surface area contributed by atoms with E-state index in [0.717, 1.165) is 17.3 Å². The van der Waals surface area contributed by atoms with Gasteiger partial charge in [-0.3, -0.25) is 4.79 Å². The number of H-pyrrole nitrogens is 1. The molecule has 0 spiro atoms. The molecule has 0 bridgehead atoms. The van der Waals surface area contributed by atoms with Crippen LogP contribution in [0.25, 0.3) is 10.9 Å². The Morgan fingerprint density at radius 2 is 2.07 bits per heavy atom. The second-order valence-electron chi connectivity index (χ2n) is 3.62. The minimum Gasteiger partial charge on any atom is -0.366 e. The Hall–Kier alpha value is -1.84. The van der Waals surface area contributed by atoms with Gasteiger partial charge in [0.2, 0.25) is 0 Å². The van der Waals surface area contributed by atoms with E-state index < -0.39 is 11.7 Å². The number of benzene rings is 1. The summed E-state index contributed by atoms with van der Waals surface area (Å²) >= 11 is 0. The third-order valence-electron chi connectivity index (χ3n) is 2.65. The number of carbonyl (C=O) groups is 1. The van der Waals surface area contributed by atoms with E-state index in [0.29, 0.717) is 10.9 Å². The Bertz CT molecular complexity index is 557. The number of aryl methyl sites for hydroxylation is 2. The number of rotatable bonds is 1. The number of amides is 1. The molecular formula is C11H11FN2O. The number of aromatic nitrogens is 1. The van der Waals surface area contributed by atoms with Gasteiger partial charge in [-0.15, -0.1) is 0 Å². The number of halogens is 1. The highest BCUT2D eigenvalue weighted by Crippen LogP contribution is 2.25. The highest BCUT2D eigenvalue weighted by Gasteiger charge is 2.13. The third-order valence-corrected chi connectivity index (χ3v) is 2.65. The van der Waals surface area contributed by atoms with Crippen LogP contribution in [-0.2, 0) is 0 Å². The van der Waals surface area contributed by atoms with Gasteiger partial charge in [-0.05, 0) is 31.5 Å². The molecule has 3 nitrogen and oxygen atoms in total. The minimum absolute atomic E-state index is 0.196. The highest BCUT2D eigenvalue weighted by molar-refractivity contribution is 6.06. The number of nitrogens with one attached hydrogen (secondary N) is 1. The van der Waals surface area contributed by atoms with Crippen LogP contribution >= 0.6 is 0 Å². The average Bonchev–Trinajstić information content (AvgIpc) is 2.43. The lowest BCUT2D eigenvalue weighted by atomic mass is 10.1. The smallest absolute Gasteiger partial charge is 0.250 e. The highest BCUT2D eigenvalue weighted by atomic mass is 19.1. The van der Waals surface area contributed by atoms with E-state index in [4.69, 9.17) is 5.73 Å². The Labute approximate surface area is 86.1 Å². The number of primary amides is 1. The van der Waals surface area contributed by atoms with Gasteiger partial charge >= 0.3 is 0 Å². The molecule has 0 saturated carbocycles. The van der Waals surface area contributed by atoms with Crippen molar-refractivity contribution in [2.75, 3.05) is 0 Å². The molecule has 1 aromatic carbocycles.